The maximum atomic E-state index is 12.1. The normalized spacial score (nSPS) is 40.9. The quantitative estimate of drug-likeness (QED) is 0.0252. The van der Waals surface area contributed by atoms with Gasteiger partial charge in [0.15, 0.2) is 50.3 Å². The third-order valence-corrected chi connectivity index (χ3v) is 28.1. The van der Waals surface area contributed by atoms with Crippen molar-refractivity contribution in [1.82, 2.24) is 0 Å². The molecule has 8 rings (SSSR count). The highest BCUT2D eigenvalue weighted by molar-refractivity contribution is 8.01. The van der Waals surface area contributed by atoms with Crippen molar-refractivity contribution in [3.05, 3.63) is 0 Å². The molecule has 39 unspecified atom stereocenters. The van der Waals surface area contributed by atoms with E-state index >= 15 is 0 Å². The average Bonchev–Trinajstić information content (AvgIpc) is 0.771. The zero-order valence-electron chi connectivity index (χ0n) is 65.5. The Balaban J connectivity index is 0.989. The summed E-state index contributed by atoms with van der Waals surface area (Å²) >= 11 is 5.60. The summed E-state index contributed by atoms with van der Waals surface area (Å²) in [5.41, 5.74) is 0. The van der Waals surface area contributed by atoms with Gasteiger partial charge in [-0.1, -0.05) is 13.3 Å². The number of thioether (sulfide) groups is 8. The van der Waals surface area contributed by atoms with Gasteiger partial charge in [0.1, 0.15) is 134 Å². The molecule has 0 bridgehead atoms. The van der Waals surface area contributed by atoms with Crippen molar-refractivity contribution in [2.45, 2.75) is 266 Å². The first-order chi connectivity index (χ1) is 58.7. The number of aliphatic carboxylic acids is 8. The predicted octanol–water partition coefficient (Wildman–Crippen LogP) is -8.99. The zero-order valence-corrected chi connectivity index (χ0v) is 72.0. The third-order valence-electron chi connectivity index (χ3n) is 19.9. The number of hydrogen-bond acceptors (Lipinski definition) is 48. The lowest BCUT2D eigenvalue weighted by molar-refractivity contribution is -0.391. The van der Waals surface area contributed by atoms with E-state index in [1.54, 1.807) is 0 Å². The van der Waals surface area contributed by atoms with E-state index in [2.05, 4.69) is 0 Å². The van der Waals surface area contributed by atoms with E-state index < -0.39 is 356 Å². The van der Waals surface area contributed by atoms with Crippen molar-refractivity contribution >= 4 is 142 Å². The smallest absolute Gasteiger partial charge is 0.313 e. The molecule has 0 aromatic rings. The molecule has 0 aliphatic carbocycles. The second-order valence-electron chi connectivity index (χ2n) is 29.3. The van der Waals surface area contributed by atoms with Crippen LogP contribution < -0.4 is 0 Å². The molecule has 0 amide bonds. The van der Waals surface area contributed by atoms with E-state index in [0.717, 1.165) is 23.5 Å². The molecule has 0 aromatic carbocycles. The van der Waals surface area contributed by atoms with Gasteiger partial charge >= 0.3 is 47.8 Å². The van der Waals surface area contributed by atoms with Crippen molar-refractivity contribution in [3.63, 3.8) is 0 Å². The van der Waals surface area contributed by atoms with E-state index in [-0.39, 0.29) is 36.0 Å². The fourth-order valence-electron chi connectivity index (χ4n) is 13.9. The highest BCUT2D eigenvalue weighted by Crippen LogP contribution is 2.42. The summed E-state index contributed by atoms with van der Waals surface area (Å²) in [6.45, 7) is 1.93. The van der Waals surface area contributed by atoms with Gasteiger partial charge in [-0.3, -0.25) is 38.4 Å². The Morgan fingerprint density at radius 3 is 0.621 bits per heavy atom. The van der Waals surface area contributed by atoms with Crippen LogP contribution in [0.2, 0.25) is 0 Å². The topological polar surface area (TPSA) is 770 Å². The standard InChI is InChI=1S/C68H106O48S8/c1-2-3-4-101-61-47(94)40(87)54(24(103-61)7-118-15-32(72)73)111-63-49(96)42(89)56(26(105-63)9-120-17-34(76)77)113-65-51(98)44(91)58(28(107-65)11-122-19-36(80)81)115-67-53(100)46(93)60(30(109-67)13-124-21-38(84)85)116-68-52(99)45(92)59(29(108-68)12-123-20-37(82)83)114-66-50(97)43(90)57(27(106-66)10-121-18-35(78)79)112-64-48(95)41(88)55(25(104-64)8-119-16-33(74)75)110-62-39(86)23(69)5-22(102-62)6-117-14-31(70)71/h22-30,39-69,86-100H,2-21H2,1H3,(H,70,71)(H,72,73)(H,74,75)(H,76,77)(H,78,79)(H,80,81)(H,82,83)(H,84,85). The molecule has 8 fully saturated rings. The van der Waals surface area contributed by atoms with Gasteiger partial charge in [-0.05, 0) is 6.42 Å². The molecule has 24 N–H and O–H groups in total. The molecule has 8 saturated heterocycles. The van der Waals surface area contributed by atoms with Crippen LogP contribution in [0.4, 0.5) is 0 Å². The minimum atomic E-state index is -2.39. The fourth-order valence-corrected chi connectivity index (χ4v) is 20.3. The molecule has 48 nitrogen and oxygen atoms in total. The summed E-state index contributed by atoms with van der Waals surface area (Å²) in [7, 11) is 0. The highest BCUT2D eigenvalue weighted by Gasteiger charge is 2.60. The number of hydrogen-bond donors (Lipinski definition) is 24. The molecular formula is C68H106O48S8. The van der Waals surface area contributed by atoms with Crippen LogP contribution in [-0.4, -0.2) is 509 Å². The van der Waals surface area contributed by atoms with Crippen LogP contribution >= 0.6 is 94.1 Å². The highest BCUT2D eigenvalue weighted by atomic mass is 32.2. The van der Waals surface area contributed by atoms with Crippen LogP contribution in [0.3, 0.4) is 0 Å². The van der Waals surface area contributed by atoms with Crippen LogP contribution in [0.5, 0.6) is 0 Å². The van der Waals surface area contributed by atoms with Gasteiger partial charge in [0.25, 0.3) is 0 Å². The van der Waals surface area contributed by atoms with E-state index in [1.807, 2.05) is 6.92 Å². The molecule has 8 aliphatic rings. The molecule has 56 heteroatoms. The van der Waals surface area contributed by atoms with Crippen molar-refractivity contribution in [1.29, 1.82) is 0 Å². The number of aliphatic hydroxyl groups excluding tert-OH is 16. The zero-order chi connectivity index (χ0) is 91.2. The largest absolute Gasteiger partial charge is 0.481 e. The summed E-state index contributed by atoms with van der Waals surface area (Å²) in [5.74, 6) is -18.5. The summed E-state index contributed by atoms with van der Waals surface area (Å²) in [6, 6.07) is 0. The van der Waals surface area contributed by atoms with Gasteiger partial charge in [0.2, 0.25) is 0 Å². The maximum Gasteiger partial charge on any atom is 0.313 e. The Hall–Kier alpha value is -2.72. The van der Waals surface area contributed by atoms with Gasteiger partial charge in [-0.15, -0.1) is 94.1 Å². The molecule has 124 heavy (non-hydrogen) atoms. The minimum Gasteiger partial charge on any atom is -0.481 e. The molecule has 0 aromatic heterocycles. The van der Waals surface area contributed by atoms with Gasteiger partial charge in [0.05, 0.1) is 101 Å². The Morgan fingerprint density at radius 1 is 0.250 bits per heavy atom. The monoisotopic (exact) mass is 1950 g/mol. The Bertz CT molecular complexity index is 3340. The van der Waals surface area contributed by atoms with Crippen molar-refractivity contribution in [2.24, 2.45) is 0 Å². The fraction of sp³-hybridized carbons (Fsp3) is 0.882. The molecular weight excluding hydrogens is 1840 g/mol. The average molecular weight is 1950 g/mol. The Labute approximate surface area is 738 Å². The summed E-state index contributed by atoms with van der Waals surface area (Å²) in [5, 5.41) is 264. The first-order valence-corrected chi connectivity index (χ1v) is 47.6. The molecule has 39 atom stereocenters. The minimum absolute atomic E-state index is 0.0202. The molecule has 0 saturated carbocycles. The van der Waals surface area contributed by atoms with Gasteiger partial charge < -0.3 is 198 Å². The number of ether oxygens (including phenoxy) is 16. The number of carboxylic acids is 8. The third kappa shape index (κ3) is 30.4. The molecule has 0 spiro atoms. The Kier molecular flexibility index (Phi) is 44.3. The second kappa shape index (κ2) is 51.5. The molecule has 714 valence electrons. The first kappa shape index (κ1) is 107. The van der Waals surface area contributed by atoms with E-state index in [4.69, 9.17) is 80.9 Å². The number of rotatable bonds is 50. The van der Waals surface area contributed by atoms with Gasteiger partial charge in [0, 0.05) is 59.1 Å². The lowest BCUT2D eigenvalue weighted by Crippen LogP contribution is -2.68. The van der Waals surface area contributed by atoms with Crippen LogP contribution in [0.25, 0.3) is 0 Å². The number of carboxylic acid groups (broad SMARTS) is 8. The predicted molar refractivity (Wildman–Crippen MR) is 425 cm³/mol. The lowest BCUT2D eigenvalue weighted by Gasteiger charge is -2.50. The van der Waals surface area contributed by atoms with Crippen LogP contribution in [-0.2, 0) is 114 Å². The maximum absolute atomic E-state index is 12.1. The first-order valence-electron chi connectivity index (χ1n) is 38.4. The van der Waals surface area contributed by atoms with Gasteiger partial charge in [-0.25, -0.2) is 0 Å². The SMILES string of the molecule is CCCCOC1OC(CSCC(=O)O)C(OC2OC(CSCC(=O)O)C(OC3OC(CSCC(=O)O)C(OC4OC(CSCC(=O)O)C(OC5OC(CSCC(=O)O)C(OC6OC(CSCC(=O)O)C(OC7OC(CSCC(=O)O)C(OC8OC(CSCC(=O)O)CC(O)C8O)C(O)C7O)C(O)C6O)C(O)C5O)C(O)C4O)C(O)C3O)C(O)C2O)C(O)C1O. The van der Waals surface area contributed by atoms with E-state index in [0.29, 0.717) is 83.4 Å². The van der Waals surface area contributed by atoms with Crippen LogP contribution in [0.15, 0.2) is 0 Å². The number of carbonyl (C=O) groups is 8. The lowest BCUT2D eigenvalue weighted by atomic mass is 9.95. The van der Waals surface area contributed by atoms with Crippen LogP contribution in [0.1, 0.15) is 26.2 Å². The summed E-state index contributed by atoms with van der Waals surface area (Å²) < 4.78 is 96.5. The number of aliphatic hydroxyl groups is 16. The van der Waals surface area contributed by atoms with E-state index in [9.17, 15) is 156 Å². The van der Waals surface area contributed by atoms with Crippen LogP contribution in [0, 0.1) is 0 Å². The van der Waals surface area contributed by atoms with Crippen molar-refractivity contribution in [3.8, 4) is 0 Å². The second-order valence-corrected chi connectivity index (χ2v) is 37.5. The van der Waals surface area contributed by atoms with Gasteiger partial charge in [-0.2, -0.15) is 0 Å². The molecule has 0 radical (unpaired) electrons. The summed E-state index contributed by atoms with van der Waals surface area (Å²) in [6.07, 6.45) is -75.0. The Morgan fingerprint density at radius 2 is 0.427 bits per heavy atom. The van der Waals surface area contributed by atoms with Crippen molar-refractivity contribution in [2.75, 3.05) is 98.7 Å². The molecule has 8 aliphatic heterocycles. The molecule has 8 heterocycles. The van der Waals surface area contributed by atoms with Crippen molar-refractivity contribution < 1.29 is 237 Å². The van der Waals surface area contributed by atoms with E-state index in [1.165, 1.54) is 0 Å². The number of unbranched alkanes of at least 4 members (excludes halogenated alkanes) is 1. The summed E-state index contributed by atoms with van der Waals surface area (Å²) in [4.78, 5) is 93.8.